The Morgan fingerprint density at radius 1 is 0.941 bits per heavy atom. The molecule has 0 spiro atoms. The van der Waals surface area contributed by atoms with Gasteiger partial charge in [-0.2, -0.15) is 0 Å². The summed E-state index contributed by atoms with van der Waals surface area (Å²) in [5.74, 6) is 0. The minimum atomic E-state index is 0.752. The number of hydrogen-bond donors (Lipinski definition) is 1. The predicted octanol–water partition coefficient (Wildman–Crippen LogP) is 3.42. The van der Waals surface area contributed by atoms with E-state index in [4.69, 9.17) is 0 Å². The van der Waals surface area contributed by atoms with E-state index in [0.717, 1.165) is 12.1 Å². The van der Waals surface area contributed by atoms with E-state index in [1.54, 1.807) is 0 Å². The molecule has 2 unspecified atom stereocenters. The zero-order valence-corrected chi connectivity index (χ0v) is 12.2. The van der Waals surface area contributed by atoms with Gasteiger partial charge in [0.25, 0.3) is 0 Å². The number of rotatable bonds is 8. The molecule has 2 nitrogen and oxygen atoms in total. The predicted molar refractivity (Wildman–Crippen MR) is 76.5 cm³/mol. The van der Waals surface area contributed by atoms with Crippen molar-refractivity contribution in [3.05, 3.63) is 0 Å². The first-order valence-electron chi connectivity index (χ1n) is 7.80. The van der Waals surface area contributed by atoms with Crippen molar-refractivity contribution in [3.8, 4) is 0 Å². The maximum atomic E-state index is 3.78. The van der Waals surface area contributed by atoms with Crippen molar-refractivity contribution < 1.29 is 0 Å². The minimum Gasteiger partial charge on any atom is -0.312 e. The fourth-order valence-electron chi connectivity index (χ4n) is 3.13. The zero-order chi connectivity index (χ0) is 12.5. The molecule has 0 aromatic heterocycles. The second kappa shape index (κ2) is 8.93. The van der Waals surface area contributed by atoms with Crippen LogP contribution in [0.2, 0.25) is 0 Å². The van der Waals surface area contributed by atoms with Gasteiger partial charge in [-0.3, -0.25) is 4.90 Å². The number of nitrogens with zero attached hydrogens (tertiary/aromatic N) is 1. The highest BCUT2D eigenvalue weighted by molar-refractivity contribution is 4.88. The molecule has 1 saturated carbocycles. The average Bonchev–Trinajstić information content (AvgIpc) is 2.36. The topological polar surface area (TPSA) is 15.3 Å². The molecule has 2 atom stereocenters. The van der Waals surface area contributed by atoms with Gasteiger partial charge in [0.2, 0.25) is 0 Å². The average molecular weight is 240 g/mol. The molecule has 0 aliphatic heterocycles. The third-order valence-corrected chi connectivity index (χ3v) is 3.88. The molecule has 1 N–H and O–H groups in total. The van der Waals surface area contributed by atoms with Gasteiger partial charge in [0.1, 0.15) is 0 Å². The van der Waals surface area contributed by atoms with Gasteiger partial charge in [-0.25, -0.2) is 0 Å². The van der Waals surface area contributed by atoms with Crippen LogP contribution in [0.25, 0.3) is 0 Å². The molecule has 0 radical (unpaired) electrons. The maximum absolute atomic E-state index is 3.78. The van der Waals surface area contributed by atoms with Crippen molar-refractivity contribution in [2.75, 3.05) is 19.6 Å². The van der Waals surface area contributed by atoms with E-state index in [2.05, 4.69) is 31.0 Å². The van der Waals surface area contributed by atoms with Crippen LogP contribution in [0.5, 0.6) is 0 Å². The van der Waals surface area contributed by atoms with E-state index in [-0.39, 0.29) is 0 Å². The monoisotopic (exact) mass is 240 g/mol. The van der Waals surface area contributed by atoms with Crippen LogP contribution in [0.3, 0.4) is 0 Å². The lowest BCUT2D eigenvalue weighted by Gasteiger charge is -2.40. The molecule has 0 aromatic carbocycles. The molecule has 0 bridgehead atoms. The molecule has 1 rings (SSSR count). The fraction of sp³-hybridized carbons (Fsp3) is 1.00. The van der Waals surface area contributed by atoms with Gasteiger partial charge in [0.05, 0.1) is 0 Å². The molecular formula is C15H32N2. The first-order chi connectivity index (χ1) is 8.33. The molecule has 1 fully saturated rings. The van der Waals surface area contributed by atoms with Crippen LogP contribution in [-0.4, -0.2) is 36.6 Å². The number of nitrogens with one attached hydrogen (secondary N) is 1. The summed E-state index contributed by atoms with van der Waals surface area (Å²) in [6.07, 6.45) is 9.47. The molecule has 1 aliphatic rings. The lowest BCUT2D eigenvalue weighted by Crippen LogP contribution is -2.52. The van der Waals surface area contributed by atoms with Gasteiger partial charge in [-0.1, -0.05) is 33.6 Å². The van der Waals surface area contributed by atoms with Crippen LogP contribution in [0.15, 0.2) is 0 Å². The van der Waals surface area contributed by atoms with Crippen molar-refractivity contribution in [1.82, 2.24) is 10.2 Å². The Balaban J connectivity index is 2.53. The molecule has 0 saturated heterocycles. The highest BCUT2D eigenvalue weighted by Gasteiger charge is 2.28. The van der Waals surface area contributed by atoms with E-state index < -0.39 is 0 Å². The van der Waals surface area contributed by atoms with Crippen LogP contribution in [-0.2, 0) is 0 Å². The molecule has 1 aliphatic carbocycles. The van der Waals surface area contributed by atoms with Crippen molar-refractivity contribution in [3.63, 3.8) is 0 Å². The van der Waals surface area contributed by atoms with E-state index in [0.29, 0.717) is 0 Å². The SMILES string of the molecule is CCCNC1CCCCC1N(CCC)CCC. The molecule has 17 heavy (non-hydrogen) atoms. The third-order valence-electron chi connectivity index (χ3n) is 3.88. The van der Waals surface area contributed by atoms with Gasteiger partial charge in [-0.05, 0) is 51.7 Å². The van der Waals surface area contributed by atoms with Gasteiger partial charge in [0.15, 0.2) is 0 Å². The second-order valence-corrected chi connectivity index (χ2v) is 5.45. The first kappa shape index (κ1) is 15.0. The first-order valence-corrected chi connectivity index (χ1v) is 7.80. The van der Waals surface area contributed by atoms with E-state index in [1.165, 1.54) is 64.6 Å². The van der Waals surface area contributed by atoms with Crippen LogP contribution >= 0.6 is 0 Å². The molecule has 0 heterocycles. The van der Waals surface area contributed by atoms with Crippen molar-refractivity contribution in [2.24, 2.45) is 0 Å². The summed E-state index contributed by atoms with van der Waals surface area (Å²) >= 11 is 0. The Hall–Kier alpha value is -0.0800. The summed E-state index contributed by atoms with van der Waals surface area (Å²) in [7, 11) is 0. The Bertz CT molecular complexity index is 176. The maximum Gasteiger partial charge on any atom is 0.0249 e. The van der Waals surface area contributed by atoms with Crippen LogP contribution in [0.4, 0.5) is 0 Å². The molecule has 102 valence electrons. The Morgan fingerprint density at radius 2 is 1.59 bits per heavy atom. The molecular weight excluding hydrogens is 208 g/mol. The summed E-state index contributed by atoms with van der Waals surface area (Å²) < 4.78 is 0. The standard InChI is InChI=1S/C15H32N2/c1-4-11-16-14-9-7-8-10-15(14)17(12-5-2)13-6-3/h14-16H,4-13H2,1-3H3. The van der Waals surface area contributed by atoms with Crippen LogP contribution < -0.4 is 5.32 Å². The quantitative estimate of drug-likeness (QED) is 0.699. The zero-order valence-electron chi connectivity index (χ0n) is 12.2. The third kappa shape index (κ3) is 4.97. The Labute approximate surface area is 108 Å². The van der Waals surface area contributed by atoms with Crippen LogP contribution in [0, 0.1) is 0 Å². The second-order valence-electron chi connectivity index (χ2n) is 5.45. The molecule has 0 amide bonds. The van der Waals surface area contributed by atoms with Gasteiger partial charge in [-0.15, -0.1) is 0 Å². The summed E-state index contributed by atoms with van der Waals surface area (Å²) in [4.78, 5) is 2.74. The summed E-state index contributed by atoms with van der Waals surface area (Å²) in [5.41, 5.74) is 0. The lowest BCUT2D eigenvalue weighted by atomic mass is 9.88. The van der Waals surface area contributed by atoms with Crippen molar-refractivity contribution >= 4 is 0 Å². The Kier molecular flexibility index (Phi) is 7.87. The molecule has 0 aromatic rings. The minimum absolute atomic E-state index is 0.752. The number of hydrogen-bond acceptors (Lipinski definition) is 2. The highest BCUT2D eigenvalue weighted by Crippen LogP contribution is 2.23. The lowest BCUT2D eigenvalue weighted by molar-refractivity contribution is 0.121. The van der Waals surface area contributed by atoms with Gasteiger partial charge in [0, 0.05) is 12.1 Å². The molecule has 2 heteroatoms. The highest BCUT2D eigenvalue weighted by atomic mass is 15.2. The summed E-state index contributed by atoms with van der Waals surface area (Å²) in [5, 5.41) is 3.78. The van der Waals surface area contributed by atoms with Gasteiger partial charge < -0.3 is 5.32 Å². The van der Waals surface area contributed by atoms with Crippen LogP contribution in [0.1, 0.15) is 65.7 Å². The largest absolute Gasteiger partial charge is 0.312 e. The summed E-state index contributed by atoms with van der Waals surface area (Å²) in [6.45, 7) is 10.6. The fourth-order valence-corrected chi connectivity index (χ4v) is 3.13. The Morgan fingerprint density at radius 3 is 2.18 bits per heavy atom. The van der Waals surface area contributed by atoms with E-state index in [9.17, 15) is 0 Å². The van der Waals surface area contributed by atoms with E-state index >= 15 is 0 Å². The smallest absolute Gasteiger partial charge is 0.0249 e. The van der Waals surface area contributed by atoms with Crippen molar-refractivity contribution in [2.45, 2.75) is 77.8 Å². The summed E-state index contributed by atoms with van der Waals surface area (Å²) in [6, 6.07) is 1.55. The normalized spacial score (nSPS) is 25.4. The van der Waals surface area contributed by atoms with Crippen molar-refractivity contribution in [1.29, 1.82) is 0 Å². The van der Waals surface area contributed by atoms with Gasteiger partial charge >= 0.3 is 0 Å². The van der Waals surface area contributed by atoms with E-state index in [1.807, 2.05) is 0 Å².